The zero-order valence-corrected chi connectivity index (χ0v) is 18.9. The zero-order chi connectivity index (χ0) is 23.3. The Bertz CT molecular complexity index is 1070. The summed E-state index contributed by atoms with van der Waals surface area (Å²) in [5, 5.41) is 16.8. The van der Waals surface area contributed by atoms with Crippen LogP contribution in [-0.4, -0.2) is 34.3 Å². The Morgan fingerprint density at radius 3 is 2.84 bits per heavy atom. The minimum absolute atomic E-state index is 0.126. The number of methoxy groups -OCH3 is 1. The van der Waals surface area contributed by atoms with Crippen LogP contribution < -0.4 is 15.8 Å². The molecular weight excluding hydrogens is 404 g/mol. The van der Waals surface area contributed by atoms with Gasteiger partial charge in [-0.1, -0.05) is 19.9 Å². The van der Waals surface area contributed by atoms with E-state index in [-0.39, 0.29) is 16.9 Å². The summed E-state index contributed by atoms with van der Waals surface area (Å²) in [7, 11) is 1.54. The van der Waals surface area contributed by atoms with Gasteiger partial charge < -0.3 is 15.8 Å². The average molecular weight is 435 g/mol. The summed E-state index contributed by atoms with van der Waals surface area (Å²) in [6.07, 6.45) is 10.2. The Hall–Kier alpha value is -3.60. The van der Waals surface area contributed by atoms with Crippen molar-refractivity contribution in [1.29, 1.82) is 5.26 Å². The van der Waals surface area contributed by atoms with E-state index in [1.807, 2.05) is 18.3 Å². The van der Waals surface area contributed by atoms with Crippen LogP contribution in [0.25, 0.3) is 16.7 Å². The number of hydrogen-bond donors (Lipinski definition) is 2. The third-order valence-corrected chi connectivity index (χ3v) is 6.54. The fourth-order valence-corrected chi connectivity index (χ4v) is 4.50. The standard InChI is InChI=1S/C24H30N6O2/c1-5-22(31)27-8-7-24(6-2)10-19(11-24)30-16(3)20(15-29-30)17-9-21(32-4)23(28-14-17)18(12-25)13-26/h5,9,12,14-15,19H,1,6-8,10-11,25H2,2-4H3,(H,27,31)/b18-12-. The van der Waals surface area contributed by atoms with Crippen LogP contribution in [0.15, 0.2) is 37.3 Å². The van der Waals surface area contributed by atoms with Gasteiger partial charge in [0.25, 0.3) is 0 Å². The molecule has 3 N–H and O–H groups in total. The maximum atomic E-state index is 11.4. The molecule has 0 spiro atoms. The van der Waals surface area contributed by atoms with Crippen molar-refractivity contribution in [2.75, 3.05) is 13.7 Å². The van der Waals surface area contributed by atoms with E-state index in [4.69, 9.17) is 10.5 Å². The third-order valence-electron chi connectivity index (χ3n) is 6.54. The van der Waals surface area contributed by atoms with E-state index in [9.17, 15) is 10.1 Å². The van der Waals surface area contributed by atoms with Crippen molar-refractivity contribution < 1.29 is 9.53 Å². The molecular formula is C24H30N6O2. The lowest BCUT2D eigenvalue weighted by molar-refractivity contribution is -0.116. The Balaban J connectivity index is 1.76. The first-order valence-electron chi connectivity index (χ1n) is 10.7. The first-order valence-corrected chi connectivity index (χ1v) is 10.7. The van der Waals surface area contributed by atoms with Crippen LogP contribution in [0.1, 0.15) is 50.0 Å². The van der Waals surface area contributed by atoms with Gasteiger partial charge in [0.05, 0.1) is 24.9 Å². The highest BCUT2D eigenvalue weighted by Crippen LogP contribution is 2.53. The van der Waals surface area contributed by atoms with Crippen molar-refractivity contribution in [3.8, 4) is 22.9 Å². The van der Waals surface area contributed by atoms with Crippen molar-refractivity contribution in [1.82, 2.24) is 20.1 Å². The van der Waals surface area contributed by atoms with Gasteiger partial charge in [-0.05, 0) is 43.7 Å². The molecule has 3 rings (SSSR count). The van der Waals surface area contributed by atoms with E-state index in [1.165, 1.54) is 12.3 Å². The monoisotopic (exact) mass is 434 g/mol. The largest absolute Gasteiger partial charge is 0.494 e. The molecule has 32 heavy (non-hydrogen) atoms. The topological polar surface area (TPSA) is 119 Å². The molecule has 2 aromatic heterocycles. The first-order chi connectivity index (χ1) is 15.4. The predicted molar refractivity (Wildman–Crippen MR) is 123 cm³/mol. The number of allylic oxidation sites excluding steroid dienone is 1. The van der Waals surface area contributed by atoms with Crippen LogP contribution >= 0.6 is 0 Å². The number of nitrogens with two attached hydrogens (primary N) is 1. The van der Waals surface area contributed by atoms with Crippen LogP contribution in [0.5, 0.6) is 5.75 Å². The van der Waals surface area contributed by atoms with Crippen molar-refractivity contribution in [2.24, 2.45) is 11.1 Å². The molecule has 168 valence electrons. The SMILES string of the molecule is C=CC(=O)NCCC1(CC)CC(n2ncc(-c3cnc(/C(C#N)=C\N)c(OC)c3)c2C)C1. The molecule has 1 amide bonds. The second kappa shape index (κ2) is 9.69. The van der Waals surface area contributed by atoms with Crippen molar-refractivity contribution in [3.05, 3.63) is 48.7 Å². The number of ether oxygens (including phenoxy) is 1. The minimum Gasteiger partial charge on any atom is -0.494 e. The number of nitrogens with one attached hydrogen (secondary N) is 1. The second-order valence-corrected chi connectivity index (χ2v) is 8.22. The molecule has 1 aliphatic carbocycles. The summed E-state index contributed by atoms with van der Waals surface area (Å²) in [5.41, 5.74) is 9.35. The van der Waals surface area contributed by atoms with Crippen LogP contribution in [0, 0.1) is 23.7 Å². The summed E-state index contributed by atoms with van der Waals surface area (Å²) in [5.74, 6) is 0.363. The molecule has 8 heteroatoms. The van der Waals surface area contributed by atoms with Crippen LogP contribution in [0.4, 0.5) is 0 Å². The molecule has 1 fully saturated rings. The molecule has 8 nitrogen and oxygen atoms in total. The van der Waals surface area contributed by atoms with E-state index in [1.54, 1.807) is 13.3 Å². The molecule has 1 aliphatic rings. The molecule has 2 aromatic rings. The molecule has 0 unspecified atom stereocenters. The third kappa shape index (κ3) is 4.37. The van der Waals surface area contributed by atoms with Gasteiger partial charge in [-0.3, -0.25) is 14.5 Å². The van der Waals surface area contributed by atoms with Gasteiger partial charge in [0.1, 0.15) is 17.5 Å². The van der Waals surface area contributed by atoms with E-state index >= 15 is 0 Å². The van der Waals surface area contributed by atoms with Crippen molar-refractivity contribution >= 4 is 11.5 Å². The maximum Gasteiger partial charge on any atom is 0.243 e. The number of rotatable bonds is 9. The second-order valence-electron chi connectivity index (χ2n) is 8.22. The number of nitrogens with zero attached hydrogens (tertiary/aromatic N) is 4. The molecule has 0 aromatic carbocycles. The number of nitriles is 1. The van der Waals surface area contributed by atoms with Gasteiger partial charge in [0, 0.05) is 35.8 Å². The summed E-state index contributed by atoms with van der Waals surface area (Å²) in [6.45, 7) is 8.42. The van der Waals surface area contributed by atoms with Gasteiger partial charge in [0.15, 0.2) is 0 Å². The highest BCUT2D eigenvalue weighted by atomic mass is 16.5. The fraction of sp³-hybridized carbons (Fsp3) is 0.417. The van der Waals surface area contributed by atoms with Gasteiger partial charge >= 0.3 is 0 Å². The molecule has 0 saturated heterocycles. The molecule has 0 aliphatic heterocycles. The van der Waals surface area contributed by atoms with Gasteiger partial charge in [0.2, 0.25) is 5.91 Å². The van der Waals surface area contributed by atoms with E-state index in [0.29, 0.717) is 24.0 Å². The first kappa shape index (κ1) is 23.1. The van der Waals surface area contributed by atoms with Gasteiger partial charge in [-0.25, -0.2) is 0 Å². The number of amides is 1. The van der Waals surface area contributed by atoms with Crippen LogP contribution in [-0.2, 0) is 4.79 Å². The average Bonchev–Trinajstić information content (AvgIpc) is 3.17. The molecule has 2 heterocycles. The molecule has 1 saturated carbocycles. The predicted octanol–water partition coefficient (Wildman–Crippen LogP) is 3.51. The van der Waals surface area contributed by atoms with E-state index < -0.39 is 0 Å². The van der Waals surface area contributed by atoms with E-state index in [2.05, 4.69) is 40.5 Å². The minimum atomic E-state index is -0.126. The number of carbonyl (C=O) groups excluding carboxylic acids is 1. The Morgan fingerprint density at radius 1 is 1.50 bits per heavy atom. The fourth-order valence-electron chi connectivity index (χ4n) is 4.50. The van der Waals surface area contributed by atoms with Crippen molar-refractivity contribution in [3.63, 3.8) is 0 Å². The molecule has 0 atom stereocenters. The smallest absolute Gasteiger partial charge is 0.243 e. The highest BCUT2D eigenvalue weighted by molar-refractivity contribution is 5.86. The Morgan fingerprint density at radius 2 is 2.25 bits per heavy atom. The van der Waals surface area contributed by atoms with Crippen LogP contribution in [0.3, 0.4) is 0 Å². The lowest BCUT2D eigenvalue weighted by Gasteiger charge is -2.48. The normalized spacial score (nSPS) is 20.2. The number of carbonyl (C=O) groups is 1. The van der Waals surface area contributed by atoms with E-state index in [0.717, 1.165) is 42.5 Å². The van der Waals surface area contributed by atoms with Gasteiger partial charge in [-0.2, -0.15) is 10.4 Å². The summed E-state index contributed by atoms with van der Waals surface area (Å²) in [6, 6.07) is 4.22. The Kier molecular flexibility index (Phi) is 6.98. The number of pyridine rings is 1. The summed E-state index contributed by atoms with van der Waals surface area (Å²) in [4.78, 5) is 15.8. The maximum absolute atomic E-state index is 11.4. The number of hydrogen-bond acceptors (Lipinski definition) is 6. The summed E-state index contributed by atoms with van der Waals surface area (Å²) < 4.78 is 7.54. The van der Waals surface area contributed by atoms with Gasteiger partial charge in [-0.15, -0.1) is 0 Å². The lowest BCUT2D eigenvalue weighted by Crippen LogP contribution is -2.41. The number of aromatic nitrogens is 3. The molecule has 0 bridgehead atoms. The highest BCUT2D eigenvalue weighted by Gasteiger charge is 2.44. The quantitative estimate of drug-likeness (QED) is 0.460. The summed E-state index contributed by atoms with van der Waals surface area (Å²) >= 11 is 0. The lowest BCUT2D eigenvalue weighted by atomic mass is 9.62. The zero-order valence-electron chi connectivity index (χ0n) is 18.9. The van der Waals surface area contributed by atoms with Crippen molar-refractivity contribution in [2.45, 2.75) is 45.6 Å². The molecule has 0 radical (unpaired) electrons. The van der Waals surface area contributed by atoms with Crippen LogP contribution in [0.2, 0.25) is 0 Å². The Labute approximate surface area is 188 Å².